The van der Waals surface area contributed by atoms with Crippen molar-refractivity contribution in [2.75, 3.05) is 27.2 Å². The number of amides is 1. The summed E-state index contributed by atoms with van der Waals surface area (Å²) in [6, 6.07) is 6.48. The van der Waals surface area contributed by atoms with E-state index in [4.69, 9.17) is 0 Å². The van der Waals surface area contributed by atoms with Crippen LogP contribution in [0, 0.1) is 11.8 Å². The van der Waals surface area contributed by atoms with E-state index in [9.17, 15) is 13.2 Å². The molecule has 1 aromatic carbocycles. The summed E-state index contributed by atoms with van der Waals surface area (Å²) >= 11 is 0. The Bertz CT molecular complexity index is 669. The number of rotatable bonds is 6. The first-order valence-electron chi connectivity index (χ1n) is 7.77. The highest BCUT2D eigenvalue weighted by molar-refractivity contribution is 7.89. The third-order valence-corrected chi connectivity index (χ3v) is 6.24. The first-order chi connectivity index (χ1) is 10.7. The molecule has 6 nitrogen and oxygen atoms in total. The first kappa shape index (κ1) is 17.9. The second kappa shape index (κ2) is 6.98. The summed E-state index contributed by atoms with van der Waals surface area (Å²) in [6.07, 6.45) is 0. The highest BCUT2D eigenvalue weighted by Crippen LogP contribution is 2.21. The lowest BCUT2D eigenvalue weighted by Crippen LogP contribution is -2.49. The summed E-state index contributed by atoms with van der Waals surface area (Å²) in [5.74, 6) is 0.333. The predicted octanol–water partition coefficient (Wildman–Crippen LogP) is 0.970. The summed E-state index contributed by atoms with van der Waals surface area (Å²) in [5, 5.41) is 6.14. The quantitative estimate of drug-likeness (QED) is 0.809. The van der Waals surface area contributed by atoms with Gasteiger partial charge in [0.15, 0.2) is 0 Å². The van der Waals surface area contributed by atoms with Gasteiger partial charge < -0.3 is 10.6 Å². The molecule has 0 bridgehead atoms. The molecule has 0 saturated carbocycles. The molecule has 1 saturated heterocycles. The van der Waals surface area contributed by atoms with E-state index in [2.05, 4.69) is 10.6 Å². The number of sulfonamides is 1. The van der Waals surface area contributed by atoms with E-state index in [1.807, 2.05) is 19.9 Å². The monoisotopic (exact) mass is 339 g/mol. The zero-order valence-corrected chi connectivity index (χ0v) is 14.9. The average molecular weight is 339 g/mol. The van der Waals surface area contributed by atoms with Crippen molar-refractivity contribution in [1.29, 1.82) is 0 Å². The molecular formula is C16H25N3O3S. The molecule has 1 aliphatic heterocycles. The van der Waals surface area contributed by atoms with Crippen molar-refractivity contribution in [3.63, 3.8) is 0 Å². The molecule has 7 heteroatoms. The van der Waals surface area contributed by atoms with Crippen LogP contribution in [0.15, 0.2) is 29.2 Å². The van der Waals surface area contributed by atoms with Gasteiger partial charge in [-0.2, -0.15) is 0 Å². The molecule has 2 unspecified atom stereocenters. The van der Waals surface area contributed by atoms with E-state index < -0.39 is 10.0 Å². The summed E-state index contributed by atoms with van der Waals surface area (Å²) in [7, 11) is -0.471. The number of carbonyl (C=O) groups is 1. The molecule has 1 amide bonds. The van der Waals surface area contributed by atoms with Crippen LogP contribution < -0.4 is 10.6 Å². The van der Waals surface area contributed by atoms with Gasteiger partial charge in [-0.25, -0.2) is 12.7 Å². The van der Waals surface area contributed by atoms with Crippen molar-refractivity contribution in [2.24, 2.45) is 11.8 Å². The number of nitrogens with one attached hydrogen (secondary N) is 2. The lowest BCUT2D eigenvalue weighted by atomic mass is 9.88. The van der Waals surface area contributed by atoms with Crippen molar-refractivity contribution >= 4 is 15.9 Å². The third-order valence-electron chi connectivity index (χ3n) is 4.43. The molecule has 2 atom stereocenters. The van der Waals surface area contributed by atoms with Gasteiger partial charge in [0.1, 0.15) is 0 Å². The summed E-state index contributed by atoms with van der Waals surface area (Å²) < 4.78 is 25.6. The van der Waals surface area contributed by atoms with Crippen molar-refractivity contribution in [3.05, 3.63) is 29.8 Å². The highest BCUT2D eigenvalue weighted by atomic mass is 32.2. The van der Waals surface area contributed by atoms with E-state index >= 15 is 0 Å². The van der Waals surface area contributed by atoms with Gasteiger partial charge in [0.25, 0.3) is 0 Å². The Kier molecular flexibility index (Phi) is 5.44. The Hall–Kier alpha value is -1.44. The van der Waals surface area contributed by atoms with Crippen molar-refractivity contribution in [2.45, 2.75) is 24.8 Å². The van der Waals surface area contributed by atoms with Crippen LogP contribution >= 0.6 is 0 Å². The Morgan fingerprint density at radius 3 is 2.48 bits per heavy atom. The Morgan fingerprint density at radius 1 is 1.30 bits per heavy atom. The van der Waals surface area contributed by atoms with Crippen LogP contribution in [0.25, 0.3) is 0 Å². The van der Waals surface area contributed by atoms with Crippen molar-refractivity contribution in [1.82, 2.24) is 14.9 Å². The zero-order valence-electron chi connectivity index (χ0n) is 14.0. The Labute approximate surface area is 138 Å². The third kappa shape index (κ3) is 3.91. The van der Waals surface area contributed by atoms with E-state index in [0.717, 1.165) is 18.7 Å². The maximum atomic E-state index is 12.3. The maximum Gasteiger partial charge on any atom is 0.242 e. The fourth-order valence-corrected chi connectivity index (χ4v) is 3.42. The fraction of sp³-hybridized carbons (Fsp3) is 0.562. The minimum Gasteiger partial charge on any atom is -0.349 e. The molecule has 0 aromatic heterocycles. The van der Waals surface area contributed by atoms with Crippen molar-refractivity contribution in [3.8, 4) is 0 Å². The molecule has 0 aliphatic carbocycles. The Morgan fingerprint density at radius 2 is 1.96 bits per heavy atom. The molecule has 0 spiro atoms. The van der Waals surface area contributed by atoms with Gasteiger partial charge in [0.05, 0.1) is 10.9 Å². The molecule has 2 rings (SSSR count). The summed E-state index contributed by atoms with van der Waals surface area (Å²) in [6.45, 7) is 5.55. The smallest absolute Gasteiger partial charge is 0.242 e. The van der Waals surface area contributed by atoms with Gasteiger partial charge in [-0.05, 0) is 43.6 Å². The van der Waals surface area contributed by atoms with Gasteiger partial charge in [0.2, 0.25) is 15.9 Å². The van der Waals surface area contributed by atoms with Crippen LogP contribution in [0.3, 0.4) is 0 Å². The van der Waals surface area contributed by atoms with Gasteiger partial charge >= 0.3 is 0 Å². The normalized spacial score (nSPS) is 18.3. The van der Waals surface area contributed by atoms with Crippen LogP contribution in [0.1, 0.15) is 25.5 Å². The topological polar surface area (TPSA) is 78.5 Å². The van der Waals surface area contributed by atoms with Crippen LogP contribution in [0.4, 0.5) is 0 Å². The molecule has 1 heterocycles. The van der Waals surface area contributed by atoms with Crippen LogP contribution in [0.5, 0.6) is 0 Å². The number of hydrogen-bond acceptors (Lipinski definition) is 4. The van der Waals surface area contributed by atoms with Gasteiger partial charge in [0, 0.05) is 20.0 Å². The second-order valence-corrected chi connectivity index (χ2v) is 8.45. The summed E-state index contributed by atoms with van der Waals surface area (Å²) in [5.41, 5.74) is 0.778. The molecule has 128 valence electrons. The van der Waals surface area contributed by atoms with Gasteiger partial charge in [-0.1, -0.05) is 19.1 Å². The first-order valence-corrected chi connectivity index (χ1v) is 9.21. The fourth-order valence-electron chi connectivity index (χ4n) is 2.46. The number of benzene rings is 1. The maximum absolute atomic E-state index is 12.3. The van der Waals surface area contributed by atoms with Crippen molar-refractivity contribution < 1.29 is 13.2 Å². The molecular weight excluding hydrogens is 314 g/mol. The van der Waals surface area contributed by atoms with E-state index in [1.165, 1.54) is 18.4 Å². The zero-order chi connectivity index (χ0) is 17.2. The minimum absolute atomic E-state index is 0.00451. The molecule has 0 radical (unpaired) electrons. The average Bonchev–Trinajstić information content (AvgIpc) is 2.45. The SMILES string of the molecule is CC(NC(=O)C(C)C1CNC1)c1cccc(S(=O)(=O)N(C)C)c1. The molecule has 1 aliphatic rings. The highest BCUT2D eigenvalue weighted by Gasteiger charge is 2.29. The van der Waals surface area contributed by atoms with Crippen LogP contribution in [-0.2, 0) is 14.8 Å². The molecule has 1 fully saturated rings. The standard InChI is InChI=1S/C16H25N3O3S/c1-11(14-9-17-10-14)16(20)18-12(2)13-6-5-7-15(8-13)23(21,22)19(3)4/h5-8,11-12,14,17H,9-10H2,1-4H3,(H,18,20). The van der Waals surface area contributed by atoms with Gasteiger partial charge in [-0.15, -0.1) is 0 Å². The lowest BCUT2D eigenvalue weighted by molar-refractivity contribution is -0.127. The Balaban J connectivity index is 2.10. The minimum atomic E-state index is -3.47. The van der Waals surface area contributed by atoms with E-state index in [1.54, 1.807) is 18.2 Å². The number of hydrogen-bond donors (Lipinski definition) is 2. The van der Waals surface area contributed by atoms with Crippen LogP contribution in [0.2, 0.25) is 0 Å². The number of nitrogens with zero attached hydrogens (tertiary/aromatic N) is 1. The molecule has 2 N–H and O–H groups in total. The van der Waals surface area contributed by atoms with Crippen LogP contribution in [-0.4, -0.2) is 45.8 Å². The van der Waals surface area contributed by atoms with E-state index in [-0.39, 0.29) is 22.8 Å². The van der Waals surface area contributed by atoms with E-state index in [0.29, 0.717) is 5.92 Å². The van der Waals surface area contributed by atoms with Gasteiger partial charge in [-0.3, -0.25) is 4.79 Å². The molecule has 1 aromatic rings. The summed E-state index contributed by atoms with van der Waals surface area (Å²) in [4.78, 5) is 12.5. The number of carbonyl (C=O) groups excluding carboxylic acids is 1. The molecule has 23 heavy (non-hydrogen) atoms. The largest absolute Gasteiger partial charge is 0.349 e. The lowest BCUT2D eigenvalue weighted by Gasteiger charge is -2.32. The second-order valence-electron chi connectivity index (χ2n) is 6.30. The predicted molar refractivity (Wildman–Crippen MR) is 89.4 cm³/mol.